The van der Waals surface area contributed by atoms with Crippen LogP contribution in [0, 0.1) is 0 Å². The van der Waals surface area contributed by atoms with Gasteiger partial charge in [-0.2, -0.15) is 0 Å². The van der Waals surface area contributed by atoms with E-state index in [1.807, 2.05) is 6.07 Å². The Labute approximate surface area is 145 Å². The fraction of sp³-hybridized carbons (Fsp3) is 0.588. The predicted octanol–water partition coefficient (Wildman–Crippen LogP) is 1.24. The Kier molecular flexibility index (Phi) is 7.05. The van der Waals surface area contributed by atoms with Crippen molar-refractivity contribution in [2.75, 3.05) is 31.9 Å². The van der Waals surface area contributed by atoms with Crippen LogP contribution in [0.2, 0.25) is 0 Å². The van der Waals surface area contributed by atoms with Gasteiger partial charge in [0.15, 0.2) is 15.8 Å². The van der Waals surface area contributed by atoms with Crippen LogP contribution in [0.5, 0.6) is 0 Å². The van der Waals surface area contributed by atoms with E-state index < -0.39 is 9.84 Å². The lowest BCUT2D eigenvalue weighted by Crippen LogP contribution is -2.36. The van der Waals surface area contributed by atoms with E-state index in [1.54, 1.807) is 24.3 Å². The first-order valence-corrected chi connectivity index (χ1v) is 10.2. The number of likely N-dealkylation sites (tertiary alicyclic amines) is 1. The molecule has 1 atom stereocenters. The Bertz CT molecular complexity index is 631. The third-order valence-corrected chi connectivity index (χ3v) is 6.19. The number of nitrogens with two attached hydrogens (primary N) is 1. The zero-order valence-corrected chi connectivity index (χ0v) is 15.1. The minimum absolute atomic E-state index is 0.101. The van der Waals surface area contributed by atoms with Crippen LogP contribution >= 0.6 is 0 Å². The maximum atomic E-state index is 12.2. The summed E-state index contributed by atoms with van der Waals surface area (Å²) in [6, 6.07) is 9.01. The molecular weight excluding hydrogens is 324 g/mol. The van der Waals surface area contributed by atoms with Crippen LogP contribution in [0.4, 0.5) is 0 Å². The summed E-state index contributed by atoms with van der Waals surface area (Å²) in [5.74, 6) is 0.499. The first-order valence-electron chi connectivity index (χ1n) is 8.58. The number of aliphatic imine (C=N–C) groups is 1. The van der Waals surface area contributed by atoms with E-state index in [4.69, 9.17) is 5.73 Å². The van der Waals surface area contributed by atoms with Crippen LogP contribution in [-0.2, 0) is 9.84 Å². The van der Waals surface area contributed by atoms with Crippen molar-refractivity contribution in [1.29, 1.82) is 0 Å². The van der Waals surface area contributed by atoms with E-state index >= 15 is 0 Å². The second kappa shape index (κ2) is 9.03. The van der Waals surface area contributed by atoms with Gasteiger partial charge in [-0.05, 0) is 44.5 Å². The van der Waals surface area contributed by atoms with Crippen molar-refractivity contribution >= 4 is 15.8 Å². The van der Waals surface area contributed by atoms with Crippen molar-refractivity contribution in [3.8, 4) is 0 Å². The predicted molar refractivity (Wildman–Crippen MR) is 97.9 cm³/mol. The highest BCUT2D eigenvalue weighted by Gasteiger charge is 2.22. The fourth-order valence-corrected chi connectivity index (χ4v) is 4.33. The molecule has 134 valence electrons. The summed E-state index contributed by atoms with van der Waals surface area (Å²) in [4.78, 5) is 7.18. The number of nitrogens with zero attached hydrogens (tertiary/aromatic N) is 2. The van der Waals surface area contributed by atoms with E-state index in [0.717, 1.165) is 13.1 Å². The lowest BCUT2D eigenvalue weighted by Gasteiger charge is -2.20. The standard InChI is InChI=1S/C17H28N4O2S/c1-2-21-12-6-8-15(21)14-20-17(18)19-11-7-13-24(22,23)16-9-4-3-5-10-16/h3-5,9-10,15H,2,6-8,11-14H2,1H3,(H3,18,19,20). The van der Waals surface area contributed by atoms with Crippen molar-refractivity contribution < 1.29 is 8.42 Å². The van der Waals surface area contributed by atoms with Gasteiger partial charge in [-0.3, -0.25) is 9.89 Å². The number of rotatable bonds is 8. The highest BCUT2D eigenvalue weighted by molar-refractivity contribution is 7.91. The van der Waals surface area contributed by atoms with Crippen LogP contribution in [0.15, 0.2) is 40.2 Å². The second-order valence-electron chi connectivity index (χ2n) is 6.06. The molecule has 6 nitrogen and oxygen atoms in total. The molecule has 0 radical (unpaired) electrons. The van der Waals surface area contributed by atoms with Gasteiger partial charge in [0.25, 0.3) is 0 Å². The zero-order valence-electron chi connectivity index (χ0n) is 14.3. The number of hydrogen-bond acceptors (Lipinski definition) is 4. The minimum atomic E-state index is -3.22. The van der Waals surface area contributed by atoms with Crippen molar-refractivity contribution in [2.24, 2.45) is 10.7 Å². The van der Waals surface area contributed by atoms with E-state index in [9.17, 15) is 8.42 Å². The lowest BCUT2D eigenvalue weighted by molar-refractivity contribution is 0.273. The number of sulfone groups is 1. The Hall–Kier alpha value is -1.60. The normalized spacial score (nSPS) is 19.5. The quantitative estimate of drug-likeness (QED) is 0.417. The summed E-state index contributed by atoms with van der Waals surface area (Å²) in [6.45, 7) is 5.56. The molecule has 0 amide bonds. The van der Waals surface area contributed by atoms with Gasteiger partial charge in [-0.1, -0.05) is 25.1 Å². The molecule has 1 aliphatic rings. The molecule has 7 heteroatoms. The van der Waals surface area contributed by atoms with Crippen molar-refractivity contribution in [2.45, 2.75) is 37.1 Å². The second-order valence-corrected chi connectivity index (χ2v) is 8.17. The molecule has 0 aliphatic carbocycles. The SMILES string of the molecule is CCN1CCCC1CN=C(N)NCCCS(=O)(=O)c1ccccc1. The third-order valence-electron chi connectivity index (χ3n) is 4.38. The van der Waals surface area contributed by atoms with E-state index in [2.05, 4.69) is 22.1 Å². The molecule has 1 heterocycles. The summed E-state index contributed by atoms with van der Waals surface area (Å²) in [5, 5.41) is 3.01. The Morgan fingerprint density at radius 3 is 2.83 bits per heavy atom. The Morgan fingerprint density at radius 1 is 1.38 bits per heavy atom. The van der Waals surface area contributed by atoms with Gasteiger partial charge in [0.2, 0.25) is 0 Å². The van der Waals surface area contributed by atoms with Gasteiger partial charge in [0.05, 0.1) is 17.2 Å². The molecule has 1 aliphatic heterocycles. The van der Waals surface area contributed by atoms with E-state index in [1.165, 1.54) is 12.8 Å². The van der Waals surface area contributed by atoms with Gasteiger partial charge in [-0.25, -0.2) is 8.42 Å². The highest BCUT2D eigenvalue weighted by Crippen LogP contribution is 2.16. The molecule has 1 fully saturated rings. The first-order chi connectivity index (χ1) is 11.5. The number of nitrogens with one attached hydrogen (secondary N) is 1. The van der Waals surface area contributed by atoms with Crippen LogP contribution in [-0.4, -0.2) is 57.3 Å². The Balaban J connectivity index is 1.71. The summed E-state index contributed by atoms with van der Waals surface area (Å²) in [7, 11) is -3.22. The lowest BCUT2D eigenvalue weighted by atomic mass is 10.2. The van der Waals surface area contributed by atoms with Crippen LogP contribution in [0.1, 0.15) is 26.2 Å². The van der Waals surface area contributed by atoms with Crippen LogP contribution in [0.3, 0.4) is 0 Å². The molecule has 0 saturated carbocycles. The molecule has 24 heavy (non-hydrogen) atoms. The Morgan fingerprint density at radius 2 is 2.12 bits per heavy atom. The largest absolute Gasteiger partial charge is 0.370 e. The van der Waals surface area contributed by atoms with Gasteiger partial charge in [0.1, 0.15) is 0 Å². The third kappa shape index (κ3) is 5.49. The summed E-state index contributed by atoms with van der Waals surface area (Å²) >= 11 is 0. The molecule has 1 unspecified atom stereocenters. The molecular formula is C17H28N4O2S. The van der Waals surface area contributed by atoms with Gasteiger partial charge in [-0.15, -0.1) is 0 Å². The van der Waals surface area contributed by atoms with Gasteiger partial charge < -0.3 is 11.1 Å². The van der Waals surface area contributed by atoms with Crippen molar-refractivity contribution in [3.63, 3.8) is 0 Å². The van der Waals surface area contributed by atoms with Crippen LogP contribution < -0.4 is 11.1 Å². The minimum Gasteiger partial charge on any atom is -0.370 e. The summed E-state index contributed by atoms with van der Waals surface area (Å²) < 4.78 is 24.3. The number of hydrogen-bond donors (Lipinski definition) is 2. The smallest absolute Gasteiger partial charge is 0.188 e. The molecule has 1 aromatic carbocycles. The monoisotopic (exact) mass is 352 g/mol. The number of benzene rings is 1. The molecule has 2 rings (SSSR count). The summed E-state index contributed by atoms with van der Waals surface area (Å²) in [5.41, 5.74) is 5.87. The van der Waals surface area contributed by atoms with E-state index in [-0.39, 0.29) is 5.75 Å². The maximum Gasteiger partial charge on any atom is 0.188 e. The highest BCUT2D eigenvalue weighted by atomic mass is 32.2. The zero-order chi connectivity index (χ0) is 17.4. The van der Waals surface area contributed by atoms with Crippen LogP contribution in [0.25, 0.3) is 0 Å². The molecule has 3 N–H and O–H groups in total. The molecule has 0 bridgehead atoms. The van der Waals surface area contributed by atoms with E-state index in [0.29, 0.717) is 36.4 Å². The molecule has 1 saturated heterocycles. The first kappa shape index (κ1) is 18.7. The number of guanidine groups is 1. The molecule has 0 aromatic heterocycles. The van der Waals surface area contributed by atoms with Crippen molar-refractivity contribution in [3.05, 3.63) is 30.3 Å². The number of likely N-dealkylation sites (N-methyl/N-ethyl adjacent to an activating group) is 1. The fourth-order valence-electron chi connectivity index (χ4n) is 3.00. The van der Waals surface area contributed by atoms with Gasteiger partial charge >= 0.3 is 0 Å². The maximum absolute atomic E-state index is 12.2. The molecule has 1 aromatic rings. The van der Waals surface area contributed by atoms with Crippen molar-refractivity contribution in [1.82, 2.24) is 10.2 Å². The summed E-state index contributed by atoms with van der Waals surface area (Å²) in [6.07, 6.45) is 2.89. The molecule has 0 spiro atoms. The van der Waals surface area contributed by atoms with Gasteiger partial charge in [0, 0.05) is 12.6 Å². The average Bonchev–Trinajstić information content (AvgIpc) is 3.05. The topological polar surface area (TPSA) is 87.8 Å². The average molecular weight is 353 g/mol.